The summed E-state index contributed by atoms with van der Waals surface area (Å²) in [6, 6.07) is 9.52. The van der Waals surface area contributed by atoms with Crippen LogP contribution in [0.15, 0.2) is 24.3 Å². The minimum atomic E-state index is -0.0245. The van der Waals surface area contributed by atoms with Gasteiger partial charge >= 0.3 is 0 Å². The molecular formula is C18H29NO. The molecule has 20 heavy (non-hydrogen) atoms. The molecule has 0 radical (unpaired) electrons. The Balaban J connectivity index is 2.09. The van der Waals surface area contributed by atoms with Crippen LogP contribution < -0.4 is 5.32 Å². The molecule has 2 nitrogen and oxygen atoms in total. The predicted octanol–water partition coefficient (Wildman–Crippen LogP) is 3.90. The number of fused-ring (bicyclic) bond motifs is 1. The summed E-state index contributed by atoms with van der Waals surface area (Å²) in [6.45, 7) is 4.35. The van der Waals surface area contributed by atoms with E-state index in [1.165, 1.54) is 19.3 Å². The van der Waals surface area contributed by atoms with Gasteiger partial charge in [-0.2, -0.15) is 0 Å². The van der Waals surface area contributed by atoms with Crippen LogP contribution in [-0.2, 0) is 11.2 Å². The van der Waals surface area contributed by atoms with Crippen molar-refractivity contribution in [2.24, 2.45) is 0 Å². The molecule has 0 amide bonds. The van der Waals surface area contributed by atoms with Gasteiger partial charge in [0.05, 0.1) is 5.60 Å². The lowest BCUT2D eigenvalue weighted by atomic mass is 9.77. The molecule has 0 heterocycles. The first kappa shape index (κ1) is 15.5. The standard InChI is InChI=1S/C18H29NO/c1-18(2,20-4)13-12-17(19-3)16-11-7-9-14-8-5-6-10-15(14)16/h5-6,8,10,16-17,19H,7,9,11-13H2,1-4H3. The van der Waals surface area contributed by atoms with Crippen molar-refractivity contribution >= 4 is 0 Å². The number of aryl methyl sites for hydroxylation is 1. The third kappa shape index (κ3) is 3.62. The third-order valence-corrected chi connectivity index (χ3v) is 4.88. The Labute approximate surface area is 123 Å². The fraction of sp³-hybridized carbons (Fsp3) is 0.667. The van der Waals surface area contributed by atoms with Crippen molar-refractivity contribution in [1.29, 1.82) is 0 Å². The number of ether oxygens (including phenoxy) is 1. The summed E-state index contributed by atoms with van der Waals surface area (Å²) >= 11 is 0. The van der Waals surface area contributed by atoms with E-state index >= 15 is 0 Å². The highest BCUT2D eigenvalue weighted by atomic mass is 16.5. The van der Waals surface area contributed by atoms with Gasteiger partial charge in [-0.25, -0.2) is 0 Å². The first-order valence-electron chi connectivity index (χ1n) is 7.87. The highest BCUT2D eigenvalue weighted by Gasteiger charge is 2.28. The van der Waals surface area contributed by atoms with Gasteiger partial charge in [0.2, 0.25) is 0 Å². The monoisotopic (exact) mass is 275 g/mol. The Morgan fingerprint density at radius 2 is 2.10 bits per heavy atom. The molecule has 112 valence electrons. The molecule has 1 N–H and O–H groups in total. The molecule has 2 unspecified atom stereocenters. The highest BCUT2D eigenvalue weighted by molar-refractivity contribution is 5.33. The van der Waals surface area contributed by atoms with Gasteiger partial charge in [-0.1, -0.05) is 24.3 Å². The zero-order valence-corrected chi connectivity index (χ0v) is 13.4. The van der Waals surface area contributed by atoms with Gasteiger partial charge in [0.25, 0.3) is 0 Å². The Morgan fingerprint density at radius 1 is 1.35 bits per heavy atom. The molecule has 0 bridgehead atoms. The van der Waals surface area contributed by atoms with E-state index in [1.807, 2.05) is 7.11 Å². The molecule has 0 saturated heterocycles. The maximum atomic E-state index is 5.56. The Kier molecular flexibility index (Phi) is 5.22. The quantitative estimate of drug-likeness (QED) is 0.850. The van der Waals surface area contributed by atoms with Gasteiger partial charge in [-0.3, -0.25) is 0 Å². The second-order valence-corrected chi connectivity index (χ2v) is 6.60. The fourth-order valence-corrected chi connectivity index (χ4v) is 3.36. The summed E-state index contributed by atoms with van der Waals surface area (Å²) in [7, 11) is 3.91. The summed E-state index contributed by atoms with van der Waals surface area (Å²) in [6.07, 6.45) is 6.11. The van der Waals surface area contributed by atoms with Crippen LogP contribution in [0.25, 0.3) is 0 Å². The van der Waals surface area contributed by atoms with Crippen molar-refractivity contribution < 1.29 is 4.74 Å². The Hall–Kier alpha value is -0.860. The minimum Gasteiger partial charge on any atom is -0.379 e. The molecule has 1 aliphatic rings. The van der Waals surface area contributed by atoms with Crippen LogP contribution >= 0.6 is 0 Å². The van der Waals surface area contributed by atoms with E-state index in [2.05, 4.69) is 50.5 Å². The lowest BCUT2D eigenvalue weighted by molar-refractivity contribution is 0.0111. The van der Waals surface area contributed by atoms with E-state index < -0.39 is 0 Å². The summed E-state index contributed by atoms with van der Waals surface area (Å²) < 4.78 is 5.56. The van der Waals surface area contributed by atoms with Crippen molar-refractivity contribution in [3.05, 3.63) is 35.4 Å². The Morgan fingerprint density at radius 3 is 2.80 bits per heavy atom. The molecule has 0 saturated carbocycles. The van der Waals surface area contributed by atoms with Gasteiger partial charge in [0, 0.05) is 13.2 Å². The van der Waals surface area contributed by atoms with Crippen LogP contribution in [-0.4, -0.2) is 25.8 Å². The van der Waals surface area contributed by atoms with E-state index in [4.69, 9.17) is 4.74 Å². The van der Waals surface area contributed by atoms with Crippen LogP contribution in [0.5, 0.6) is 0 Å². The van der Waals surface area contributed by atoms with Crippen LogP contribution in [0.2, 0.25) is 0 Å². The highest BCUT2D eigenvalue weighted by Crippen LogP contribution is 2.36. The van der Waals surface area contributed by atoms with E-state index in [-0.39, 0.29) is 5.60 Å². The number of rotatable bonds is 6. The van der Waals surface area contributed by atoms with E-state index in [1.54, 1.807) is 11.1 Å². The first-order valence-corrected chi connectivity index (χ1v) is 7.87. The van der Waals surface area contributed by atoms with Crippen molar-refractivity contribution in [2.75, 3.05) is 14.2 Å². The molecule has 2 atom stereocenters. The summed E-state index contributed by atoms with van der Waals surface area (Å²) in [5, 5.41) is 3.55. The van der Waals surface area contributed by atoms with E-state index in [0.29, 0.717) is 12.0 Å². The fourth-order valence-electron chi connectivity index (χ4n) is 3.36. The molecule has 0 aliphatic heterocycles. The van der Waals surface area contributed by atoms with Crippen LogP contribution in [0.3, 0.4) is 0 Å². The minimum absolute atomic E-state index is 0.0245. The van der Waals surface area contributed by atoms with Gasteiger partial charge in [-0.15, -0.1) is 0 Å². The van der Waals surface area contributed by atoms with Gasteiger partial charge in [-0.05, 0) is 70.0 Å². The number of hydrogen-bond acceptors (Lipinski definition) is 2. The maximum Gasteiger partial charge on any atom is 0.0623 e. The number of likely N-dealkylation sites (N-methyl/N-ethyl adjacent to an activating group) is 1. The molecule has 0 fully saturated rings. The van der Waals surface area contributed by atoms with Crippen LogP contribution in [0.4, 0.5) is 0 Å². The Bertz CT molecular complexity index is 427. The number of nitrogens with one attached hydrogen (secondary N) is 1. The van der Waals surface area contributed by atoms with Gasteiger partial charge < -0.3 is 10.1 Å². The summed E-state index contributed by atoms with van der Waals surface area (Å²) in [5.74, 6) is 0.651. The lowest BCUT2D eigenvalue weighted by Crippen LogP contribution is -2.36. The second kappa shape index (κ2) is 6.73. The molecule has 1 aromatic carbocycles. The molecule has 1 aliphatic carbocycles. The smallest absolute Gasteiger partial charge is 0.0623 e. The summed E-state index contributed by atoms with van der Waals surface area (Å²) in [4.78, 5) is 0. The van der Waals surface area contributed by atoms with Gasteiger partial charge in [0.15, 0.2) is 0 Å². The largest absolute Gasteiger partial charge is 0.379 e. The van der Waals surface area contributed by atoms with Crippen molar-refractivity contribution in [3.63, 3.8) is 0 Å². The number of hydrogen-bond donors (Lipinski definition) is 1. The second-order valence-electron chi connectivity index (χ2n) is 6.60. The summed E-state index contributed by atoms with van der Waals surface area (Å²) in [5.41, 5.74) is 3.09. The molecule has 0 spiro atoms. The SMILES string of the molecule is CNC(CCC(C)(C)OC)C1CCCc2ccccc21. The topological polar surface area (TPSA) is 21.3 Å². The number of benzene rings is 1. The number of methoxy groups -OCH3 is 1. The van der Waals surface area contributed by atoms with Crippen LogP contribution in [0, 0.1) is 0 Å². The third-order valence-electron chi connectivity index (χ3n) is 4.88. The zero-order valence-electron chi connectivity index (χ0n) is 13.4. The molecule has 0 aromatic heterocycles. The lowest BCUT2D eigenvalue weighted by Gasteiger charge is -2.34. The van der Waals surface area contributed by atoms with E-state index in [9.17, 15) is 0 Å². The van der Waals surface area contributed by atoms with Crippen molar-refractivity contribution in [1.82, 2.24) is 5.32 Å². The normalized spacial score (nSPS) is 20.5. The molecule has 2 rings (SSSR count). The van der Waals surface area contributed by atoms with Crippen molar-refractivity contribution in [2.45, 2.75) is 63.5 Å². The average molecular weight is 275 g/mol. The molecule has 2 heteroatoms. The first-order chi connectivity index (χ1) is 9.57. The average Bonchev–Trinajstić information content (AvgIpc) is 2.48. The maximum absolute atomic E-state index is 5.56. The zero-order chi connectivity index (χ0) is 14.6. The van der Waals surface area contributed by atoms with Crippen LogP contribution in [0.1, 0.15) is 56.6 Å². The van der Waals surface area contributed by atoms with Gasteiger partial charge in [0.1, 0.15) is 0 Å². The van der Waals surface area contributed by atoms with E-state index in [0.717, 1.165) is 12.8 Å². The molecular weight excluding hydrogens is 246 g/mol. The predicted molar refractivity (Wildman–Crippen MR) is 85.3 cm³/mol. The van der Waals surface area contributed by atoms with Crippen molar-refractivity contribution in [3.8, 4) is 0 Å². The molecule has 1 aromatic rings.